The molecule has 116 valence electrons. The molecule has 1 heterocycles. The minimum Gasteiger partial charge on any atom is -0.344 e. The molecule has 1 unspecified atom stereocenters. The molecule has 1 aromatic carbocycles. The fraction of sp³-hybridized carbons (Fsp3) is 0.250. The molecule has 0 aliphatic heterocycles. The summed E-state index contributed by atoms with van der Waals surface area (Å²) < 4.78 is 22.7. The highest BCUT2D eigenvalue weighted by Crippen LogP contribution is 2.12. The summed E-state index contributed by atoms with van der Waals surface area (Å²) in [6, 6.07) is 11.9. The summed E-state index contributed by atoms with van der Waals surface area (Å²) in [5.41, 5.74) is 1.80. The van der Waals surface area contributed by atoms with Gasteiger partial charge in [-0.3, -0.25) is 9.78 Å². The van der Waals surface area contributed by atoms with Gasteiger partial charge in [-0.2, -0.15) is 0 Å². The number of hydrogen-bond acceptors (Lipinski definition) is 4. The van der Waals surface area contributed by atoms with Gasteiger partial charge in [0.2, 0.25) is 0 Å². The number of benzene rings is 1. The van der Waals surface area contributed by atoms with Crippen LogP contribution in [0.3, 0.4) is 0 Å². The van der Waals surface area contributed by atoms with Gasteiger partial charge in [-0.05, 0) is 36.8 Å². The number of nitrogens with zero attached hydrogens (tertiary/aromatic N) is 1. The molecule has 2 aromatic rings. The van der Waals surface area contributed by atoms with Gasteiger partial charge < -0.3 is 5.32 Å². The normalized spacial score (nSPS) is 12.6. The lowest BCUT2D eigenvalue weighted by molar-refractivity contribution is 0.0939. The van der Waals surface area contributed by atoms with Crippen LogP contribution in [0.2, 0.25) is 0 Å². The Hall–Kier alpha value is -2.21. The highest BCUT2D eigenvalue weighted by atomic mass is 32.2. The summed E-state index contributed by atoms with van der Waals surface area (Å²) in [6.07, 6.45) is 2.84. The lowest BCUT2D eigenvalue weighted by Gasteiger charge is -2.13. The molecule has 0 saturated carbocycles. The molecule has 1 aromatic heterocycles. The molecule has 22 heavy (non-hydrogen) atoms. The molecule has 0 radical (unpaired) electrons. The highest BCUT2D eigenvalue weighted by molar-refractivity contribution is 7.89. The van der Waals surface area contributed by atoms with E-state index in [4.69, 9.17) is 0 Å². The average Bonchev–Trinajstić information content (AvgIpc) is 2.46. The highest BCUT2D eigenvalue weighted by Gasteiger charge is 2.13. The van der Waals surface area contributed by atoms with E-state index in [1.807, 2.05) is 25.1 Å². The first-order valence-corrected chi connectivity index (χ1v) is 8.89. The van der Waals surface area contributed by atoms with Crippen molar-refractivity contribution in [2.75, 3.05) is 6.26 Å². The first-order chi connectivity index (χ1) is 10.3. The van der Waals surface area contributed by atoms with Gasteiger partial charge in [0.15, 0.2) is 9.84 Å². The molecule has 1 atom stereocenters. The molecule has 0 saturated heterocycles. The molecule has 0 bridgehead atoms. The van der Waals surface area contributed by atoms with Gasteiger partial charge in [0.05, 0.1) is 17.5 Å². The zero-order valence-electron chi connectivity index (χ0n) is 12.5. The van der Waals surface area contributed by atoms with Gasteiger partial charge in [0.1, 0.15) is 0 Å². The van der Waals surface area contributed by atoms with Gasteiger partial charge in [-0.1, -0.05) is 18.2 Å². The minimum absolute atomic E-state index is 0.0795. The number of rotatable bonds is 5. The van der Waals surface area contributed by atoms with Crippen LogP contribution in [0.25, 0.3) is 0 Å². The largest absolute Gasteiger partial charge is 0.344 e. The van der Waals surface area contributed by atoms with E-state index in [1.165, 1.54) is 6.26 Å². The van der Waals surface area contributed by atoms with E-state index < -0.39 is 9.84 Å². The Morgan fingerprint density at radius 2 is 2.00 bits per heavy atom. The third kappa shape index (κ3) is 4.66. The van der Waals surface area contributed by atoms with Crippen LogP contribution < -0.4 is 5.32 Å². The maximum absolute atomic E-state index is 12.3. The fourth-order valence-corrected chi connectivity index (χ4v) is 2.88. The summed E-state index contributed by atoms with van der Waals surface area (Å²) in [4.78, 5) is 16.5. The van der Waals surface area contributed by atoms with Crippen molar-refractivity contribution in [3.8, 4) is 0 Å². The number of pyridine rings is 1. The fourth-order valence-electron chi connectivity index (χ4n) is 2.09. The number of carbonyl (C=O) groups excluding carboxylic acids is 1. The van der Waals surface area contributed by atoms with Crippen molar-refractivity contribution in [2.24, 2.45) is 0 Å². The molecule has 0 spiro atoms. The Labute approximate surface area is 130 Å². The van der Waals surface area contributed by atoms with Crippen LogP contribution in [0.5, 0.6) is 0 Å². The standard InChI is InChI=1S/C16H18N2O3S/c1-12(15-8-3-4-9-17-15)18-16(19)14-7-5-6-13(10-14)11-22(2,20)21/h3-10,12H,11H2,1-2H3,(H,18,19). The van der Waals surface area contributed by atoms with Crippen LogP contribution >= 0.6 is 0 Å². The van der Waals surface area contributed by atoms with Gasteiger partial charge in [-0.25, -0.2) is 8.42 Å². The van der Waals surface area contributed by atoms with Crippen molar-refractivity contribution in [1.29, 1.82) is 0 Å². The quantitative estimate of drug-likeness (QED) is 0.916. The second-order valence-electron chi connectivity index (χ2n) is 5.22. The number of aromatic nitrogens is 1. The molecule has 1 amide bonds. The maximum Gasteiger partial charge on any atom is 0.251 e. The van der Waals surface area contributed by atoms with Crippen molar-refractivity contribution in [3.63, 3.8) is 0 Å². The third-order valence-corrected chi connectivity index (χ3v) is 3.95. The predicted octanol–water partition coefficient (Wildman–Crippen LogP) is 2.12. The smallest absolute Gasteiger partial charge is 0.251 e. The summed E-state index contributed by atoms with van der Waals surface area (Å²) in [5.74, 6) is -0.335. The second-order valence-corrected chi connectivity index (χ2v) is 7.36. The van der Waals surface area contributed by atoms with Crippen LogP contribution in [0.15, 0.2) is 48.7 Å². The summed E-state index contributed by atoms with van der Waals surface area (Å²) >= 11 is 0. The number of carbonyl (C=O) groups is 1. The van der Waals surface area contributed by atoms with E-state index in [-0.39, 0.29) is 17.7 Å². The van der Waals surface area contributed by atoms with Crippen LogP contribution in [-0.4, -0.2) is 25.6 Å². The minimum atomic E-state index is -3.13. The Kier molecular flexibility index (Phi) is 4.92. The van der Waals surface area contributed by atoms with Crippen molar-refractivity contribution >= 4 is 15.7 Å². The average molecular weight is 318 g/mol. The summed E-state index contributed by atoms with van der Waals surface area (Å²) in [5, 5.41) is 2.85. The SMILES string of the molecule is CC(NC(=O)c1cccc(CS(C)(=O)=O)c1)c1ccccn1. The predicted molar refractivity (Wildman–Crippen MR) is 85.1 cm³/mol. The molecule has 5 nitrogen and oxygen atoms in total. The van der Waals surface area contributed by atoms with Gasteiger partial charge in [-0.15, -0.1) is 0 Å². The molecular formula is C16H18N2O3S. The maximum atomic E-state index is 12.3. The molecule has 2 rings (SSSR count). The first-order valence-electron chi connectivity index (χ1n) is 6.83. The topological polar surface area (TPSA) is 76.1 Å². The second kappa shape index (κ2) is 6.70. The van der Waals surface area contributed by atoms with Crippen molar-refractivity contribution < 1.29 is 13.2 Å². The van der Waals surface area contributed by atoms with E-state index in [0.29, 0.717) is 11.1 Å². The molecule has 0 fully saturated rings. The molecule has 0 aliphatic carbocycles. The van der Waals surface area contributed by atoms with E-state index in [9.17, 15) is 13.2 Å². The van der Waals surface area contributed by atoms with E-state index in [1.54, 1.807) is 30.5 Å². The van der Waals surface area contributed by atoms with E-state index >= 15 is 0 Å². The van der Waals surface area contributed by atoms with Crippen molar-refractivity contribution in [3.05, 3.63) is 65.5 Å². The Bertz CT molecular complexity index is 758. The number of hydrogen-bond donors (Lipinski definition) is 1. The van der Waals surface area contributed by atoms with Crippen LogP contribution in [0.1, 0.15) is 34.6 Å². The summed E-state index contributed by atoms with van der Waals surface area (Å²) in [6.45, 7) is 1.85. The molecular weight excluding hydrogens is 300 g/mol. The van der Waals surface area contributed by atoms with Crippen LogP contribution in [0, 0.1) is 0 Å². The van der Waals surface area contributed by atoms with E-state index in [2.05, 4.69) is 10.3 Å². The molecule has 6 heteroatoms. The van der Waals surface area contributed by atoms with Crippen LogP contribution in [-0.2, 0) is 15.6 Å². The van der Waals surface area contributed by atoms with Gasteiger partial charge >= 0.3 is 0 Å². The van der Waals surface area contributed by atoms with Crippen molar-refractivity contribution in [1.82, 2.24) is 10.3 Å². The zero-order chi connectivity index (χ0) is 16.2. The number of nitrogens with one attached hydrogen (secondary N) is 1. The number of sulfone groups is 1. The molecule has 1 N–H and O–H groups in total. The molecule has 0 aliphatic rings. The lowest BCUT2D eigenvalue weighted by atomic mass is 10.1. The monoisotopic (exact) mass is 318 g/mol. The van der Waals surface area contributed by atoms with E-state index in [0.717, 1.165) is 5.69 Å². The zero-order valence-corrected chi connectivity index (χ0v) is 13.3. The first kappa shape index (κ1) is 16.2. The van der Waals surface area contributed by atoms with Crippen molar-refractivity contribution in [2.45, 2.75) is 18.7 Å². The van der Waals surface area contributed by atoms with Crippen LogP contribution in [0.4, 0.5) is 0 Å². The van der Waals surface area contributed by atoms with Gasteiger partial charge in [0, 0.05) is 18.0 Å². The summed E-state index contributed by atoms with van der Waals surface area (Å²) in [7, 11) is -3.13. The number of amides is 1. The Morgan fingerprint density at radius 1 is 1.23 bits per heavy atom. The van der Waals surface area contributed by atoms with Gasteiger partial charge in [0.25, 0.3) is 5.91 Å². The Balaban J connectivity index is 2.11. The lowest BCUT2D eigenvalue weighted by Crippen LogP contribution is -2.27. The Morgan fingerprint density at radius 3 is 2.64 bits per heavy atom. The third-order valence-electron chi connectivity index (χ3n) is 3.10.